The number of sulfonamides is 1. The highest BCUT2D eigenvalue weighted by Gasteiger charge is 2.22. The van der Waals surface area contributed by atoms with Gasteiger partial charge in [0.2, 0.25) is 0 Å². The fourth-order valence-corrected chi connectivity index (χ4v) is 5.31. The minimum Gasteiger partial charge on any atom is -0.319 e. The van der Waals surface area contributed by atoms with Crippen LogP contribution in [0.2, 0.25) is 0 Å². The van der Waals surface area contributed by atoms with Crippen LogP contribution in [0.4, 0.5) is 0 Å². The van der Waals surface area contributed by atoms with Gasteiger partial charge < -0.3 is 5.32 Å². The van der Waals surface area contributed by atoms with Gasteiger partial charge in [-0.05, 0) is 50.0 Å². The van der Waals surface area contributed by atoms with E-state index in [0.29, 0.717) is 10.8 Å². The van der Waals surface area contributed by atoms with E-state index in [1.54, 1.807) is 24.5 Å². The van der Waals surface area contributed by atoms with Crippen LogP contribution in [-0.4, -0.2) is 39.9 Å². The summed E-state index contributed by atoms with van der Waals surface area (Å²) in [6.07, 6.45) is 1.61. The van der Waals surface area contributed by atoms with Gasteiger partial charge >= 0.3 is 0 Å². The fraction of sp³-hybridized carbons (Fsp3) is 0.429. The van der Waals surface area contributed by atoms with Gasteiger partial charge in [0.15, 0.2) is 0 Å². The topological polar surface area (TPSA) is 49.4 Å². The molecule has 0 bridgehead atoms. The Morgan fingerprint density at radius 2 is 2.00 bits per heavy atom. The van der Waals surface area contributed by atoms with Gasteiger partial charge in [-0.2, -0.15) is 4.31 Å². The molecule has 0 saturated carbocycles. The van der Waals surface area contributed by atoms with Crippen LogP contribution < -0.4 is 5.32 Å². The Morgan fingerprint density at radius 3 is 2.67 bits per heavy atom. The van der Waals surface area contributed by atoms with Crippen molar-refractivity contribution in [1.29, 1.82) is 0 Å². The van der Waals surface area contributed by atoms with Crippen molar-refractivity contribution in [3.8, 4) is 0 Å². The van der Waals surface area contributed by atoms with E-state index in [2.05, 4.69) is 5.32 Å². The summed E-state index contributed by atoms with van der Waals surface area (Å²) >= 11 is 3.02. The highest BCUT2D eigenvalue weighted by Crippen LogP contribution is 2.25. The Labute approximate surface area is 134 Å². The SMILES string of the molecule is CNCCc1ccc(S(=O)(=O)N(C)CCc2cccs2)s1. The molecule has 1 N–H and O–H groups in total. The Bertz CT molecular complexity index is 648. The molecule has 21 heavy (non-hydrogen) atoms. The molecule has 4 nitrogen and oxygen atoms in total. The second kappa shape index (κ2) is 7.51. The lowest BCUT2D eigenvalue weighted by Crippen LogP contribution is -2.28. The Morgan fingerprint density at radius 1 is 1.19 bits per heavy atom. The number of hydrogen-bond donors (Lipinski definition) is 1. The molecule has 0 aliphatic rings. The summed E-state index contributed by atoms with van der Waals surface area (Å²) in [6, 6.07) is 7.64. The summed E-state index contributed by atoms with van der Waals surface area (Å²) in [7, 11) is 0.181. The van der Waals surface area contributed by atoms with Crippen molar-refractivity contribution in [2.75, 3.05) is 27.2 Å². The lowest BCUT2D eigenvalue weighted by atomic mass is 10.3. The molecule has 0 saturated heterocycles. The van der Waals surface area contributed by atoms with Crippen molar-refractivity contribution in [1.82, 2.24) is 9.62 Å². The average Bonchev–Trinajstić information content (AvgIpc) is 3.13. The Kier molecular flexibility index (Phi) is 5.95. The van der Waals surface area contributed by atoms with Gasteiger partial charge in [-0.1, -0.05) is 6.07 Å². The largest absolute Gasteiger partial charge is 0.319 e. The number of hydrogen-bond acceptors (Lipinski definition) is 5. The molecule has 2 aromatic heterocycles. The minimum absolute atomic E-state index is 0.433. The fourth-order valence-electron chi connectivity index (χ4n) is 1.88. The van der Waals surface area contributed by atoms with Gasteiger partial charge in [0.25, 0.3) is 10.0 Å². The van der Waals surface area contributed by atoms with Gasteiger partial charge in [0.05, 0.1) is 0 Å². The highest BCUT2D eigenvalue weighted by atomic mass is 32.2. The summed E-state index contributed by atoms with van der Waals surface area (Å²) in [4.78, 5) is 2.30. The third kappa shape index (κ3) is 4.37. The third-order valence-corrected chi connectivity index (χ3v) is 7.58. The van der Waals surface area contributed by atoms with Crippen molar-refractivity contribution >= 4 is 32.7 Å². The predicted octanol–water partition coefficient (Wildman–Crippen LogP) is 2.43. The molecule has 0 unspecified atom stereocenters. The van der Waals surface area contributed by atoms with Gasteiger partial charge in [-0.15, -0.1) is 22.7 Å². The molecule has 2 rings (SSSR count). The molecule has 0 fully saturated rings. The maximum absolute atomic E-state index is 12.5. The molecule has 0 radical (unpaired) electrons. The maximum Gasteiger partial charge on any atom is 0.252 e. The molecular formula is C14H20N2O2S3. The second-order valence-corrected chi connectivity index (χ2v) is 9.20. The van der Waals surface area contributed by atoms with Crippen LogP contribution >= 0.6 is 22.7 Å². The molecule has 0 spiro atoms. The average molecular weight is 345 g/mol. The van der Waals surface area contributed by atoms with E-state index in [1.165, 1.54) is 20.5 Å². The zero-order valence-electron chi connectivity index (χ0n) is 12.2. The van der Waals surface area contributed by atoms with Gasteiger partial charge in [0, 0.05) is 23.3 Å². The molecule has 0 atom stereocenters. The monoisotopic (exact) mass is 344 g/mol. The van der Waals surface area contributed by atoms with E-state index in [1.807, 2.05) is 30.6 Å². The molecule has 116 valence electrons. The smallest absolute Gasteiger partial charge is 0.252 e. The third-order valence-electron chi connectivity index (χ3n) is 3.18. The van der Waals surface area contributed by atoms with E-state index < -0.39 is 10.0 Å². The van der Waals surface area contributed by atoms with Gasteiger partial charge in [-0.3, -0.25) is 0 Å². The van der Waals surface area contributed by atoms with Crippen LogP contribution in [-0.2, 0) is 22.9 Å². The van der Waals surface area contributed by atoms with E-state index in [0.717, 1.165) is 24.3 Å². The summed E-state index contributed by atoms with van der Waals surface area (Å²) in [5.74, 6) is 0. The van der Waals surface area contributed by atoms with Crippen LogP contribution in [0.5, 0.6) is 0 Å². The molecule has 2 aromatic rings. The first-order valence-electron chi connectivity index (χ1n) is 6.76. The van der Waals surface area contributed by atoms with Crippen LogP contribution in [0.3, 0.4) is 0 Å². The van der Waals surface area contributed by atoms with Crippen LogP contribution in [0, 0.1) is 0 Å². The highest BCUT2D eigenvalue weighted by molar-refractivity contribution is 7.91. The van der Waals surface area contributed by atoms with Crippen molar-refractivity contribution in [3.05, 3.63) is 39.4 Å². The van der Waals surface area contributed by atoms with E-state index in [9.17, 15) is 8.42 Å². The zero-order valence-corrected chi connectivity index (χ0v) is 14.7. The van der Waals surface area contributed by atoms with Crippen molar-refractivity contribution in [2.24, 2.45) is 0 Å². The number of likely N-dealkylation sites (N-methyl/N-ethyl adjacent to an activating group) is 2. The predicted molar refractivity (Wildman–Crippen MR) is 89.8 cm³/mol. The first-order chi connectivity index (χ1) is 10.0. The second-order valence-electron chi connectivity index (χ2n) is 4.73. The number of rotatable bonds is 8. The van der Waals surface area contributed by atoms with E-state index >= 15 is 0 Å². The first kappa shape index (κ1) is 16.6. The molecule has 0 aliphatic heterocycles. The van der Waals surface area contributed by atoms with Crippen molar-refractivity contribution < 1.29 is 8.42 Å². The van der Waals surface area contributed by atoms with E-state index in [-0.39, 0.29) is 0 Å². The lowest BCUT2D eigenvalue weighted by molar-refractivity contribution is 0.475. The molecule has 0 amide bonds. The normalized spacial score (nSPS) is 12.1. The zero-order chi connectivity index (χ0) is 15.3. The quantitative estimate of drug-likeness (QED) is 0.800. The van der Waals surface area contributed by atoms with Crippen LogP contribution in [0.15, 0.2) is 33.9 Å². The molecule has 2 heterocycles. The number of thiophene rings is 2. The Hall–Kier alpha value is -0.730. The number of nitrogens with one attached hydrogen (secondary N) is 1. The first-order valence-corrected chi connectivity index (χ1v) is 9.89. The van der Waals surface area contributed by atoms with Crippen molar-refractivity contribution in [3.63, 3.8) is 0 Å². The standard InChI is InChI=1S/C14H20N2O2S3/c1-15-9-7-13-5-6-14(20-13)21(17,18)16(2)10-8-12-4-3-11-19-12/h3-6,11,15H,7-10H2,1-2H3. The lowest BCUT2D eigenvalue weighted by Gasteiger charge is -2.15. The summed E-state index contributed by atoms with van der Waals surface area (Å²) in [6.45, 7) is 1.36. The van der Waals surface area contributed by atoms with Crippen LogP contribution in [0.1, 0.15) is 9.75 Å². The summed E-state index contributed by atoms with van der Waals surface area (Å²) < 4.78 is 26.9. The van der Waals surface area contributed by atoms with Gasteiger partial charge in [0.1, 0.15) is 4.21 Å². The maximum atomic E-state index is 12.5. The van der Waals surface area contributed by atoms with Gasteiger partial charge in [-0.25, -0.2) is 8.42 Å². The summed E-state index contributed by atoms with van der Waals surface area (Å²) in [5.41, 5.74) is 0. The van der Waals surface area contributed by atoms with Crippen molar-refractivity contribution in [2.45, 2.75) is 17.1 Å². The molecule has 0 aromatic carbocycles. The molecular weight excluding hydrogens is 324 g/mol. The molecule has 0 aliphatic carbocycles. The molecule has 7 heteroatoms. The Balaban J connectivity index is 2.00. The van der Waals surface area contributed by atoms with E-state index in [4.69, 9.17) is 0 Å². The number of nitrogens with zero attached hydrogens (tertiary/aromatic N) is 1. The minimum atomic E-state index is -3.36. The van der Waals surface area contributed by atoms with Crippen LogP contribution in [0.25, 0.3) is 0 Å². The summed E-state index contributed by atoms with van der Waals surface area (Å²) in [5, 5.41) is 5.08.